The van der Waals surface area contributed by atoms with Gasteiger partial charge in [0.15, 0.2) is 0 Å². The molecule has 0 aliphatic carbocycles. The lowest BCUT2D eigenvalue weighted by atomic mass is 10.0. The van der Waals surface area contributed by atoms with Crippen LogP contribution in [0.2, 0.25) is 0 Å². The molecule has 1 amide bonds. The Kier molecular flexibility index (Phi) is 3.35. The molecule has 0 unspecified atom stereocenters. The highest BCUT2D eigenvalue weighted by molar-refractivity contribution is 9.10. The fraction of sp³-hybridized carbons (Fsp3) is 0. The Morgan fingerprint density at radius 3 is 2.52 bits per heavy atom. The van der Waals surface area contributed by atoms with Crippen molar-refractivity contribution in [1.29, 1.82) is 0 Å². The molecule has 0 saturated carbocycles. The van der Waals surface area contributed by atoms with Crippen LogP contribution in [-0.4, -0.2) is 17.0 Å². The number of carboxylic acids is 1. The van der Waals surface area contributed by atoms with Crippen molar-refractivity contribution in [3.8, 4) is 0 Å². The first-order valence-electron chi connectivity index (χ1n) is 6.21. The van der Waals surface area contributed by atoms with Gasteiger partial charge in [0, 0.05) is 21.3 Å². The normalized spacial score (nSPS) is 14.9. The number of hydrogen-bond donors (Lipinski definition) is 2. The van der Waals surface area contributed by atoms with E-state index in [1.165, 1.54) is 12.1 Å². The van der Waals surface area contributed by atoms with Gasteiger partial charge in [0.25, 0.3) is 5.91 Å². The van der Waals surface area contributed by atoms with Gasteiger partial charge in [-0.2, -0.15) is 0 Å². The van der Waals surface area contributed by atoms with Crippen molar-refractivity contribution >= 4 is 45.1 Å². The molecule has 0 saturated heterocycles. The van der Waals surface area contributed by atoms with Crippen LogP contribution >= 0.6 is 15.9 Å². The lowest BCUT2D eigenvalue weighted by Gasteiger charge is -2.00. The van der Waals surface area contributed by atoms with E-state index in [4.69, 9.17) is 5.11 Å². The average molecular weight is 344 g/mol. The van der Waals surface area contributed by atoms with E-state index >= 15 is 0 Å². The number of carbonyl (C=O) groups excluding carboxylic acids is 1. The predicted molar refractivity (Wildman–Crippen MR) is 84.0 cm³/mol. The minimum atomic E-state index is -0.970. The van der Waals surface area contributed by atoms with E-state index in [1.807, 2.05) is 18.2 Å². The Labute approximate surface area is 129 Å². The average Bonchev–Trinajstić information content (AvgIpc) is 2.76. The molecule has 1 aliphatic rings. The smallest absolute Gasteiger partial charge is 0.335 e. The molecule has 1 aliphatic heterocycles. The lowest BCUT2D eigenvalue weighted by molar-refractivity contribution is -0.110. The summed E-state index contributed by atoms with van der Waals surface area (Å²) in [5.74, 6) is -1.13. The number of nitrogens with one attached hydrogen (secondary N) is 1. The molecule has 0 spiro atoms. The van der Waals surface area contributed by atoms with Crippen LogP contribution < -0.4 is 5.32 Å². The Balaban J connectivity index is 2.02. The summed E-state index contributed by atoms with van der Waals surface area (Å²) in [6, 6.07) is 12.0. The zero-order chi connectivity index (χ0) is 15.0. The minimum absolute atomic E-state index is 0.162. The summed E-state index contributed by atoms with van der Waals surface area (Å²) in [5.41, 5.74) is 3.16. The van der Waals surface area contributed by atoms with Crippen molar-refractivity contribution < 1.29 is 14.7 Å². The van der Waals surface area contributed by atoms with Crippen molar-refractivity contribution in [2.24, 2.45) is 0 Å². The van der Waals surface area contributed by atoms with Crippen molar-refractivity contribution in [3.05, 3.63) is 63.6 Å². The number of carbonyl (C=O) groups is 2. The van der Waals surface area contributed by atoms with Crippen LogP contribution in [0.25, 0.3) is 11.6 Å². The van der Waals surface area contributed by atoms with Gasteiger partial charge < -0.3 is 10.4 Å². The fourth-order valence-corrected chi connectivity index (χ4v) is 2.55. The maximum Gasteiger partial charge on any atom is 0.335 e. The van der Waals surface area contributed by atoms with Gasteiger partial charge in [-0.15, -0.1) is 0 Å². The monoisotopic (exact) mass is 343 g/mol. The molecular formula is C16H10BrNO3. The van der Waals surface area contributed by atoms with Gasteiger partial charge in [0.05, 0.1) is 5.56 Å². The van der Waals surface area contributed by atoms with E-state index < -0.39 is 5.97 Å². The molecule has 104 valence electrons. The number of amides is 1. The number of aromatic carboxylic acids is 1. The Bertz CT molecular complexity index is 779. The highest BCUT2D eigenvalue weighted by Crippen LogP contribution is 2.34. The minimum Gasteiger partial charge on any atom is -0.478 e. The van der Waals surface area contributed by atoms with Crippen LogP contribution in [-0.2, 0) is 4.79 Å². The predicted octanol–water partition coefficient (Wildman–Crippen LogP) is 3.64. The molecule has 0 aromatic heterocycles. The van der Waals surface area contributed by atoms with Crippen LogP contribution in [0.4, 0.5) is 5.69 Å². The molecule has 1 heterocycles. The molecule has 3 rings (SSSR count). The highest BCUT2D eigenvalue weighted by Gasteiger charge is 2.23. The highest BCUT2D eigenvalue weighted by atomic mass is 79.9. The van der Waals surface area contributed by atoms with E-state index in [9.17, 15) is 9.59 Å². The lowest BCUT2D eigenvalue weighted by Crippen LogP contribution is -2.03. The first-order chi connectivity index (χ1) is 10.0. The molecule has 0 atom stereocenters. The summed E-state index contributed by atoms with van der Waals surface area (Å²) in [6.45, 7) is 0. The number of anilines is 1. The van der Waals surface area contributed by atoms with Crippen molar-refractivity contribution in [2.75, 3.05) is 5.32 Å². The number of fused-ring (bicyclic) bond motifs is 1. The largest absolute Gasteiger partial charge is 0.478 e. The third-order valence-electron chi connectivity index (χ3n) is 3.23. The van der Waals surface area contributed by atoms with Crippen molar-refractivity contribution in [3.63, 3.8) is 0 Å². The maximum atomic E-state index is 12.0. The number of carboxylic acid groups (broad SMARTS) is 1. The number of halogens is 1. The Hall–Kier alpha value is -2.40. The number of benzene rings is 2. The number of hydrogen-bond acceptors (Lipinski definition) is 2. The van der Waals surface area contributed by atoms with Crippen LogP contribution in [0.3, 0.4) is 0 Å². The zero-order valence-electron chi connectivity index (χ0n) is 10.8. The Morgan fingerprint density at radius 1 is 1.14 bits per heavy atom. The molecule has 0 bridgehead atoms. The molecular weight excluding hydrogens is 334 g/mol. The number of rotatable bonds is 2. The van der Waals surface area contributed by atoms with Gasteiger partial charge in [0.2, 0.25) is 0 Å². The van der Waals surface area contributed by atoms with E-state index in [2.05, 4.69) is 21.2 Å². The van der Waals surface area contributed by atoms with Crippen LogP contribution in [0.15, 0.2) is 46.9 Å². The first-order valence-corrected chi connectivity index (χ1v) is 7.00. The summed E-state index contributed by atoms with van der Waals surface area (Å²) >= 11 is 3.39. The van der Waals surface area contributed by atoms with Crippen molar-refractivity contribution in [1.82, 2.24) is 0 Å². The SMILES string of the molecule is O=C1Nc2ccc(Br)cc2/C1=C/c1ccc(C(=O)O)cc1. The molecule has 5 heteroatoms. The summed E-state index contributed by atoms with van der Waals surface area (Å²) in [6.07, 6.45) is 1.75. The Morgan fingerprint density at radius 2 is 1.86 bits per heavy atom. The summed E-state index contributed by atoms with van der Waals surface area (Å²) < 4.78 is 0.893. The van der Waals surface area contributed by atoms with E-state index in [1.54, 1.807) is 18.2 Å². The first kappa shape index (κ1) is 13.6. The summed E-state index contributed by atoms with van der Waals surface area (Å²) in [4.78, 5) is 22.9. The second-order valence-corrected chi connectivity index (χ2v) is 5.54. The molecule has 21 heavy (non-hydrogen) atoms. The molecule has 0 radical (unpaired) electrons. The van der Waals surface area contributed by atoms with Crippen LogP contribution in [0.1, 0.15) is 21.5 Å². The van der Waals surface area contributed by atoms with Gasteiger partial charge in [-0.1, -0.05) is 28.1 Å². The molecule has 0 fully saturated rings. The molecule has 2 aromatic rings. The van der Waals surface area contributed by atoms with E-state index in [0.717, 1.165) is 21.3 Å². The molecule has 2 N–H and O–H groups in total. The topological polar surface area (TPSA) is 66.4 Å². The maximum absolute atomic E-state index is 12.0. The van der Waals surface area contributed by atoms with Gasteiger partial charge in [0.1, 0.15) is 0 Å². The van der Waals surface area contributed by atoms with E-state index in [0.29, 0.717) is 5.57 Å². The third-order valence-corrected chi connectivity index (χ3v) is 3.73. The van der Waals surface area contributed by atoms with Crippen LogP contribution in [0.5, 0.6) is 0 Å². The quantitative estimate of drug-likeness (QED) is 0.818. The van der Waals surface area contributed by atoms with Gasteiger partial charge in [-0.05, 0) is 42.0 Å². The fourth-order valence-electron chi connectivity index (χ4n) is 2.19. The van der Waals surface area contributed by atoms with Crippen LogP contribution in [0, 0.1) is 0 Å². The van der Waals surface area contributed by atoms with Gasteiger partial charge in [-0.25, -0.2) is 4.79 Å². The van der Waals surface area contributed by atoms with E-state index in [-0.39, 0.29) is 11.5 Å². The second-order valence-electron chi connectivity index (χ2n) is 4.63. The van der Waals surface area contributed by atoms with Gasteiger partial charge in [-0.3, -0.25) is 4.79 Å². The summed E-state index contributed by atoms with van der Waals surface area (Å²) in [7, 11) is 0. The standard InChI is InChI=1S/C16H10BrNO3/c17-11-5-6-14-12(8-11)13(15(19)18-14)7-9-1-3-10(4-2-9)16(20)21/h1-8H,(H,18,19)(H,20,21)/b13-7-. The second kappa shape index (κ2) is 5.18. The third kappa shape index (κ3) is 2.60. The molecule has 2 aromatic carbocycles. The molecule has 4 nitrogen and oxygen atoms in total. The summed E-state index contributed by atoms with van der Waals surface area (Å²) in [5, 5.41) is 11.7. The van der Waals surface area contributed by atoms with Crippen molar-refractivity contribution in [2.45, 2.75) is 0 Å². The van der Waals surface area contributed by atoms with Gasteiger partial charge >= 0.3 is 5.97 Å². The zero-order valence-corrected chi connectivity index (χ0v) is 12.3.